The maximum absolute atomic E-state index is 12.9. The molecule has 2 aromatic heterocycles. The number of aryl methyl sites for hydroxylation is 1. The molecule has 0 saturated carbocycles. The van der Waals surface area contributed by atoms with Crippen molar-refractivity contribution in [2.75, 3.05) is 5.32 Å². The van der Waals surface area contributed by atoms with Gasteiger partial charge in [-0.2, -0.15) is 0 Å². The van der Waals surface area contributed by atoms with Gasteiger partial charge in [0, 0.05) is 18.8 Å². The number of benzene rings is 1. The minimum atomic E-state index is -0.279. The van der Waals surface area contributed by atoms with Gasteiger partial charge in [0.05, 0.1) is 12.7 Å². The molecule has 7 heteroatoms. The van der Waals surface area contributed by atoms with E-state index in [1.54, 1.807) is 35.4 Å². The molecule has 1 aromatic carbocycles. The molecule has 0 unspecified atom stereocenters. The summed E-state index contributed by atoms with van der Waals surface area (Å²) in [6, 6.07) is 9.93. The number of halogens is 1. The number of amides is 1. The van der Waals surface area contributed by atoms with Crippen LogP contribution >= 0.6 is 0 Å². The predicted octanol–water partition coefficient (Wildman–Crippen LogP) is 2.43. The fourth-order valence-corrected chi connectivity index (χ4v) is 2.22. The maximum atomic E-state index is 12.9. The van der Waals surface area contributed by atoms with Crippen LogP contribution in [0.25, 0.3) is 0 Å². The summed E-state index contributed by atoms with van der Waals surface area (Å²) in [6.45, 7) is 0.457. The molecule has 0 radical (unpaired) electrons. The summed E-state index contributed by atoms with van der Waals surface area (Å²) in [7, 11) is 0. The summed E-state index contributed by atoms with van der Waals surface area (Å²) >= 11 is 0. The molecular formula is C17H16FN5O. The molecule has 0 spiro atoms. The molecule has 24 heavy (non-hydrogen) atoms. The maximum Gasteiger partial charge on any atom is 0.225 e. The van der Waals surface area contributed by atoms with Gasteiger partial charge < -0.3 is 5.32 Å². The molecule has 1 N–H and O–H groups in total. The zero-order valence-corrected chi connectivity index (χ0v) is 12.9. The van der Waals surface area contributed by atoms with Crippen LogP contribution in [-0.2, 0) is 17.8 Å². The fourth-order valence-electron chi connectivity index (χ4n) is 2.22. The first-order valence-electron chi connectivity index (χ1n) is 7.52. The van der Waals surface area contributed by atoms with Gasteiger partial charge in [-0.15, -0.1) is 5.10 Å². The predicted molar refractivity (Wildman–Crippen MR) is 86.7 cm³/mol. The van der Waals surface area contributed by atoms with E-state index in [0.29, 0.717) is 25.2 Å². The number of nitrogens with one attached hydrogen (secondary N) is 1. The van der Waals surface area contributed by atoms with Gasteiger partial charge in [-0.25, -0.2) is 9.07 Å². The third kappa shape index (κ3) is 4.45. The van der Waals surface area contributed by atoms with Gasteiger partial charge in [-0.3, -0.25) is 9.78 Å². The molecule has 3 rings (SSSR count). The zero-order chi connectivity index (χ0) is 16.8. The van der Waals surface area contributed by atoms with Crippen molar-refractivity contribution >= 4 is 11.7 Å². The Labute approximate surface area is 138 Å². The van der Waals surface area contributed by atoms with Crippen LogP contribution in [0.2, 0.25) is 0 Å². The highest BCUT2D eigenvalue weighted by molar-refractivity contribution is 5.89. The molecule has 0 aliphatic rings. The molecule has 0 saturated heterocycles. The topological polar surface area (TPSA) is 72.7 Å². The molecular weight excluding hydrogens is 309 g/mol. The Balaban J connectivity index is 1.51. The highest BCUT2D eigenvalue weighted by atomic mass is 19.1. The molecule has 0 fully saturated rings. The Morgan fingerprint density at radius 2 is 2.00 bits per heavy atom. The second kappa shape index (κ2) is 7.45. The molecule has 0 bridgehead atoms. The minimum absolute atomic E-state index is 0.132. The summed E-state index contributed by atoms with van der Waals surface area (Å²) < 4.78 is 14.5. The average molecular weight is 325 g/mol. The quantitative estimate of drug-likeness (QED) is 0.755. The minimum Gasteiger partial charge on any atom is -0.308 e. The summed E-state index contributed by atoms with van der Waals surface area (Å²) in [6.07, 6.45) is 6.04. The first-order valence-corrected chi connectivity index (χ1v) is 7.52. The second-order valence-electron chi connectivity index (χ2n) is 5.34. The van der Waals surface area contributed by atoms with Gasteiger partial charge in [0.25, 0.3) is 0 Å². The van der Waals surface area contributed by atoms with Crippen molar-refractivity contribution in [3.63, 3.8) is 0 Å². The van der Waals surface area contributed by atoms with Crippen molar-refractivity contribution in [2.24, 2.45) is 0 Å². The number of nitrogens with zero attached hydrogens (tertiary/aromatic N) is 4. The first-order chi connectivity index (χ1) is 11.7. The smallest absolute Gasteiger partial charge is 0.225 e. The second-order valence-corrected chi connectivity index (χ2v) is 5.34. The molecule has 2 heterocycles. The molecule has 0 aliphatic heterocycles. The third-order valence-corrected chi connectivity index (χ3v) is 3.43. The van der Waals surface area contributed by atoms with E-state index in [1.807, 2.05) is 12.1 Å². The number of pyridine rings is 1. The van der Waals surface area contributed by atoms with Crippen molar-refractivity contribution in [1.29, 1.82) is 0 Å². The van der Waals surface area contributed by atoms with Crippen LogP contribution < -0.4 is 5.32 Å². The lowest BCUT2D eigenvalue weighted by molar-refractivity contribution is -0.116. The van der Waals surface area contributed by atoms with Crippen LogP contribution in [0.3, 0.4) is 0 Å². The summed E-state index contributed by atoms with van der Waals surface area (Å²) in [5, 5.41) is 10.6. The highest BCUT2D eigenvalue weighted by Crippen LogP contribution is 2.08. The van der Waals surface area contributed by atoms with E-state index >= 15 is 0 Å². The van der Waals surface area contributed by atoms with E-state index in [-0.39, 0.29) is 11.7 Å². The van der Waals surface area contributed by atoms with E-state index in [0.717, 1.165) is 11.1 Å². The Morgan fingerprint density at radius 1 is 1.17 bits per heavy atom. The molecule has 0 aliphatic carbocycles. The van der Waals surface area contributed by atoms with Crippen molar-refractivity contribution in [3.8, 4) is 0 Å². The van der Waals surface area contributed by atoms with Crippen LogP contribution in [0, 0.1) is 5.82 Å². The summed E-state index contributed by atoms with van der Waals surface area (Å²) in [5.74, 6) is -0.0140. The lowest BCUT2D eigenvalue weighted by atomic mass is 10.1. The third-order valence-electron chi connectivity index (χ3n) is 3.43. The van der Waals surface area contributed by atoms with Gasteiger partial charge in [0.2, 0.25) is 5.91 Å². The van der Waals surface area contributed by atoms with Gasteiger partial charge >= 0.3 is 0 Å². The van der Waals surface area contributed by atoms with Crippen molar-refractivity contribution < 1.29 is 9.18 Å². The van der Waals surface area contributed by atoms with Crippen LogP contribution in [0.1, 0.15) is 17.5 Å². The molecule has 3 aromatic rings. The lowest BCUT2D eigenvalue weighted by Crippen LogP contribution is -2.12. The van der Waals surface area contributed by atoms with Crippen LogP contribution in [0.15, 0.2) is 55.0 Å². The molecule has 1 amide bonds. The summed E-state index contributed by atoms with van der Waals surface area (Å²) in [4.78, 5) is 16.0. The average Bonchev–Trinajstić information content (AvgIpc) is 3.03. The summed E-state index contributed by atoms with van der Waals surface area (Å²) in [5.41, 5.74) is 1.91. The van der Waals surface area contributed by atoms with Gasteiger partial charge in [-0.05, 0) is 35.7 Å². The van der Waals surface area contributed by atoms with E-state index in [2.05, 4.69) is 20.6 Å². The van der Waals surface area contributed by atoms with E-state index in [4.69, 9.17) is 0 Å². The Kier molecular flexibility index (Phi) is 4.90. The Morgan fingerprint density at radius 3 is 2.75 bits per heavy atom. The fraction of sp³-hybridized carbons (Fsp3) is 0.176. The molecule has 122 valence electrons. The Bertz CT molecular complexity index is 801. The standard InChI is InChI=1S/C17H16FN5O/c18-15-6-3-14(4-7-15)11-23-12-16(21-22-23)20-17(24)8-5-13-2-1-9-19-10-13/h1-4,6-7,9-10,12H,5,8,11H2,(H,20,24). The number of carbonyl (C=O) groups excluding carboxylic acids is 1. The number of hydrogen-bond acceptors (Lipinski definition) is 4. The SMILES string of the molecule is O=C(CCc1cccnc1)Nc1cn(Cc2ccc(F)cc2)nn1. The lowest BCUT2D eigenvalue weighted by Gasteiger charge is -2.02. The van der Waals surface area contributed by atoms with Gasteiger partial charge in [0.1, 0.15) is 5.82 Å². The number of aromatic nitrogens is 4. The van der Waals surface area contributed by atoms with Crippen LogP contribution in [0.5, 0.6) is 0 Å². The molecule has 6 nitrogen and oxygen atoms in total. The van der Waals surface area contributed by atoms with Crippen LogP contribution in [0.4, 0.5) is 10.2 Å². The van der Waals surface area contributed by atoms with Crippen molar-refractivity contribution in [1.82, 2.24) is 20.0 Å². The number of rotatable bonds is 6. The van der Waals surface area contributed by atoms with E-state index in [1.165, 1.54) is 12.1 Å². The van der Waals surface area contributed by atoms with Crippen molar-refractivity contribution in [2.45, 2.75) is 19.4 Å². The Hall–Kier alpha value is -3.09. The zero-order valence-electron chi connectivity index (χ0n) is 12.9. The molecule has 0 atom stereocenters. The van der Waals surface area contributed by atoms with Crippen molar-refractivity contribution in [3.05, 3.63) is 71.9 Å². The van der Waals surface area contributed by atoms with Gasteiger partial charge in [-0.1, -0.05) is 23.4 Å². The van der Waals surface area contributed by atoms with Gasteiger partial charge in [0.15, 0.2) is 5.82 Å². The number of hydrogen-bond donors (Lipinski definition) is 1. The normalized spacial score (nSPS) is 10.5. The first kappa shape index (κ1) is 15.8. The highest BCUT2D eigenvalue weighted by Gasteiger charge is 2.07. The monoisotopic (exact) mass is 325 g/mol. The van der Waals surface area contributed by atoms with Crippen LogP contribution in [-0.4, -0.2) is 25.9 Å². The number of anilines is 1. The van der Waals surface area contributed by atoms with E-state index < -0.39 is 0 Å². The number of carbonyl (C=O) groups is 1. The van der Waals surface area contributed by atoms with E-state index in [9.17, 15) is 9.18 Å². The largest absolute Gasteiger partial charge is 0.308 e.